The van der Waals surface area contributed by atoms with Crippen molar-refractivity contribution < 1.29 is 24.9 Å². The number of rotatable bonds is 6. The summed E-state index contributed by atoms with van der Waals surface area (Å²) in [5.74, 6) is -2.78. The normalized spacial score (nSPS) is 13.6. The van der Waals surface area contributed by atoms with Gasteiger partial charge in [-0.2, -0.15) is 0 Å². The van der Waals surface area contributed by atoms with E-state index in [0.717, 1.165) is 0 Å². The van der Waals surface area contributed by atoms with E-state index in [0.29, 0.717) is 0 Å². The molecule has 0 aromatic carbocycles. The van der Waals surface area contributed by atoms with Crippen molar-refractivity contribution >= 4 is 11.9 Å². The summed E-state index contributed by atoms with van der Waals surface area (Å²) in [6.07, 6.45) is 0. The lowest BCUT2D eigenvalue weighted by Crippen LogP contribution is -2.64. The predicted molar refractivity (Wildman–Crippen MR) is 45.3 cm³/mol. The Kier molecular flexibility index (Phi) is 4.44. The van der Waals surface area contributed by atoms with Crippen LogP contribution in [0.1, 0.15) is 0 Å². The average molecular weight is 207 g/mol. The molecule has 0 aliphatic rings. The third-order valence-corrected chi connectivity index (χ3v) is 1.52. The summed E-state index contributed by atoms with van der Waals surface area (Å²) in [5.41, 5.74) is 8.16. The molecule has 82 valence electrons. The Morgan fingerprint density at radius 1 is 1.36 bits per heavy atom. The Hall–Kier alpha value is -1.22. The second kappa shape index (κ2) is 4.86. The summed E-state index contributed by atoms with van der Waals surface area (Å²) in [6, 6.07) is -1.28. The standard InChI is InChI=1S/C6H13N3O5/c7-6(8,5(13)14)2-9-3(1-10)4(11)12/h3,9-10H,1-2,7-8H2,(H,11,12)(H,13,14)/t3-/m0/s1. The van der Waals surface area contributed by atoms with Gasteiger partial charge in [0.1, 0.15) is 6.04 Å². The molecule has 0 saturated heterocycles. The maximum absolute atomic E-state index is 10.4. The van der Waals surface area contributed by atoms with E-state index in [2.05, 4.69) is 5.32 Å². The smallest absolute Gasteiger partial charge is 0.339 e. The summed E-state index contributed by atoms with van der Waals surface area (Å²) in [7, 11) is 0. The molecule has 0 rings (SSSR count). The highest BCUT2D eigenvalue weighted by Gasteiger charge is 2.30. The third-order valence-electron chi connectivity index (χ3n) is 1.52. The van der Waals surface area contributed by atoms with E-state index in [1.54, 1.807) is 0 Å². The van der Waals surface area contributed by atoms with Crippen molar-refractivity contribution in [2.24, 2.45) is 11.5 Å². The Morgan fingerprint density at radius 2 is 1.86 bits per heavy atom. The number of aliphatic hydroxyl groups excluding tert-OH is 1. The highest BCUT2D eigenvalue weighted by molar-refractivity contribution is 5.78. The zero-order chi connectivity index (χ0) is 11.4. The van der Waals surface area contributed by atoms with Crippen LogP contribution in [0.5, 0.6) is 0 Å². The van der Waals surface area contributed by atoms with Crippen LogP contribution in [-0.4, -0.2) is 52.1 Å². The minimum Gasteiger partial charge on any atom is -0.480 e. The molecular formula is C6H13N3O5. The molecule has 0 aromatic heterocycles. The fourth-order valence-electron chi connectivity index (χ4n) is 0.598. The van der Waals surface area contributed by atoms with Crippen molar-refractivity contribution in [3.63, 3.8) is 0 Å². The van der Waals surface area contributed by atoms with Crippen LogP contribution in [0.25, 0.3) is 0 Å². The van der Waals surface area contributed by atoms with Gasteiger partial charge in [-0.1, -0.05) is 0 Å². The number of aliphatic carboxylic acids is 2. The van der Waals surface area contributed by atoms with E-state index < -0.39 is 36.8 Å². The van der Waals surface area contributed by atoms with Gasteiger partial charge < -0.3 is 26.8 Å². The van der Waals surface area contributed by atoms with Gasteiger partial charge in [0.2, 0.25) is 0 Å². The highest BCUT2D eigenvalue weighted by Crippen LogP contribution is 1.90. The third kappa shape index (κ3) is 3.66. The van der Waals surface area contributed by atoms with Crippen LogP contribution in [0.15, 0.2) is 0 Å². The number of nitrogens with one attached hydrogen (secondary N) is 1. The van der Waals surface area contributed by atoms with Crippen molar-refractivity contribution in [3.05, 3.63) is 0 Å². The second-order valence-corrected chi connectivity index (χ2v) is 2.80. The summed E-state index contributed by atoms with van der Waals surface area (Å²) in [6.45, 7) is -1.13. The van der Waals surface area contributed by atoms with Gasteiger partial charge in [-0.3, -0.25) is 10.1 Å². The number of carboxylic acid groups (broad SMARTS) is 2. The van der Waals surface area contributed by atoms with Crippen LogP contribution in [0.4, 0.5) is 0 Å². The first-order chi connectivity index (χ1) is 6.31. The molecule has 0 bridgehead atoms. The van der Waals surface area contributed by atoms with E-state index in [1.165, 1.54) is 0 Å². The van der Waals surface area contributed by atoms with Crippen LogP contribution in [0.3, 0.4) is 0 Å². The summed E-state index contributed by atoms with van der Waals surface area (Å²) in [4.78, 5) is 20.8. The zero-order valence-corrected chi connectivity index (χ0v) is 7.30. The molecule has 0 aromatic rings. The molecule has 0 spiro atoms. The highest BCUT2D eigenvalue weighted by atomic mass is 16.4. The zero-order valence-electron chi connectivity index (χ0n) is 7.30. The SMILES string of the molecule is NC(N)(CN[C@@H](CO)C(=O)O)C(=O)O. The number of nitrogens with two attached hydrogens (primary N) is 2. The summed E-state index contributed by atoms with van der Waals surface area (Å²) >= 11 is 0. The van der Waals surface area contributed by atoms with Crippen molar-refractivity contribution in [2.45, 2.75) is 11.7 Å². The van der Waals surface area contributed by atoms with Gasteiger partial charge >= 0.3 is 11.9 Å². The molecule has 0 unspecified atom stereocenters. The second-order valence-electron chi connectivity index (χ2n) is 2.80. The molecule has 0 heterocycles. The van der Waals surface area contributed by atoms with E-state index in [1.807, 2.05) is 0 Å². The van der Waals surface area contributed by atoms with E-state index >= 15 is 0 Å². The lowest BCUT2D eigenvalue weighted by Gasteiger charge is -2.21. The van der Waals surface area contributed by atoms with Gasteiger partial charge in [0, 0.05) is 6.54 Å². The fraction of sp³-hybridized carbons (Fsp3) is 0.667. The Bertz CT molecular complexity index is 230. The first-order valence-electron chi connectivity index (χ1n) is 3.69. The number of hydrogen-bond donors (Lipinski definition) is 6. The molecular weight excluding hydrogens is 194 g/mol. The number of aliphatic hydroxyl groups is 1. The molecule has 8 heteroatoms. The molecule has 0 aliphatic heterocycles. The molecule has 0 radical (unpaired) electrons. The van der Waals surface area contributed by atoms with Gasteiger partial charge in [0.15, 0.2) is 5.66 Å². The molecule has 0 saturated carbocycles. The van der Waals surface area contributed by atoms with Crippen LogP contribution in [0, 0.1) is 0 Å². The molecule has 0 fully saturated rings. The van der Waals surface area contributed by atoms with Crippen LogP contribution >= 0.6 is 0 Å². The lowest BCUT2D eigenvalue weighted by molar-refractivity contribution is -0.145. The summed E-state index contributed by atoms with van der Waals surface area (Å²) in [5, 5.41) is 27.7. The van der Waals surface area contributed by atoms with E-state index in [9.17, 15) is 9.59 Å². The van der Waals surface area contributed by atoms with Gasteiger partial charge in [-0.25, -0.2) is 4.79 Å². The number of hydrogen-bond acceptors (Lipinski definition) is 6. The predicted octanol–water partition coefficient (Wildman–Crippen LogP) is -3.28. The topological polar surface area (TPSA) is 159 Å². The molecule has 8 N–H and O–H groups in total. The van der Waals surface area contributed by atoms with Crippen molar-refractivity contribution in [3.8, 4) is 0 Å². The van der Waals surface area contributed by atoms with Crippen molar-refractivity contribution in [2.75, 3.05) is 13.2 Å². The van der Waals surface area contributed by atoms with Gasteiger partial charge in [-0.15, -0.1) is 0 Å². The molecule has 1 atom stereocenters. The average Bonchev–Trinajstić information content (AvgIpc) is 2.04. The Labute approximate surface area is 79.5 Å². The largest absolute Gasteiger partial charge is 0.480 e. The van der Waals surface area contributed by atoms with Gasteiger partial charge in [-0.05, 0) is 0 Å². The lowest BCUT2D eigenvalue weighted by atomic mass is 10.2. The van der Waals surface area contributed by atoms with Crippen LogP contribution in [0.2, 0.25) is 0 Å². The fourth-order valence-corrected chi connectivity index (χ4v) is 0.598. The minimum absolute atomic E-state index is 0.458. The van der Waals surface area contributed by atoms with E-state index in [4.69, 9.17) is 26.8 Å². The number of carbonyl (C=O) groups is 2. The van der Waals surface area contributed by atoms with Crippen molar-refractivity contribution in [1.29, 1.82) is 0 Å². The Balaban J connectivity index is 4.16. The quantitative estimate of drug-likeness (QED) is 0.247. The molecule has 14 heavy (non-hydrogen) atoms. The Morgan fingerprint density at radius 3 is 2.14 bits per heavy atom. The number of carboxylic acids is 2. The van der Waals surface area contributed by atoms with Gasteiger partial charge in [0.05, 0.1) is 6.61 Å². The molecule has 0 aliphatic carbocycles. The summed E-state index contributed by atoms with van der Waals surface area (Å²) < 4.78 is 0. The van der Waals surface area contributed by atoms with Crippen molar-refractivity contribution in [1.82, 2.24) is 5.32 Å². The molecule has 8 nitrogen and oxygen atoms in total. The van der Waals surface area contributed by atoms with Crippen LogP contribution in [-0.2, 0) is 9.59 Å². The first-order valence-corrected chi connectivity index (χ1v) is 3.69. The van der Waals surface area contributed by atoms with E-state index in [-0.39, 0.29) is 0 Å². The first kappa shape index (κ1) is 12.8. The maximum Gasteiger partial charge on any atom is 0.339 e. The van der Waals surface area contributed by atoms with Crippen LogP contribution < -0.4 is 16.8 Å². The minimum atomic E-state index is -2.05. The maximum atomic E-state index is 10.4. The van der Waals surface area contributed by atoms with Gasteiger partial charge in [0.25, 0.3) is 0 Å². The molecule has 0 amide bonds. The monoisotopic (exact) mass is 207 g/mol.